The van der Waals surface area contributed by atoms with Crippen molar-refractivity contribution >= 4 is 33.7 Å². The lowest BCUT2D eigenvalue weighted by molar-refractivity contribution is -0.130. The Morgan fingerprint density at radius 3 is 1.73 bits per heavy atom. The maximum Gasteiger partial charge on any atom is 0.531 e. The Hall–Kier alpha value is -1.80. The highest BCUT2D eigenvalue weighted by molar-refractivity contribution is 7.49. The van der Waals surface area contributed by atoms with E-state index in [1.165, 1.54) is 30.3 Å². The van der Waals surface area contributed by atoms with Gasteiger partial charge in [0.1, 0.15) is 0 Å². The molecular formula is C14H18O10P2. The molecule has 144 valence electrons. The number of hydrogen-bond donors (Lipinski definition) is 0. The average molecular weight is 408 g/mol. The van der Waals surface area contributed by atoms with Crippen LogP contribution in [-0.2, 0) is 41.1 Å². The lowest BCUT2D eigenvalue weighted by Gasteiger charge is -2.12. The van der Waals surface area contributed by atoms with Gasteiger partial charge in [0.2, 0.25) is 0 Å². The molecule has 0 aliphatic rings. The molecule has 0 fully saturated rings. The Labute approximate surface area is 150 Å². The van der Waals surface area contributed by atoms with Crippen LogP contribution in [0.25, 0.3) is 6.08 Å². The van der Waals surface area contributed by atoms with Gasteiger partial charge in [0.15, 0.2) is 0 Å². The number of benzene rings is 1. The van der Waals surface area contributed by atoms with Crippen LogP contribution in [0.2, 0.25) is 0 Å². The number of hydrogen-bond acceptors (Lipinski definition) is 10. The third kappa shape index (κ3) is 6.49. The molecule has 0 N–H and O–H groups in total. The number of phosphoric ester groups is 2. The van der Waals surface area contributed by atoms with Crippen molar-refractivity contribution in [3.63, 3.8) is 0 Å². The summed E-state index contributed by atoms with van der Waals surface area (Å²) in [4.78, 5) is 23.4. The molecule has 0 heterocycles. The van der Waals surface area contributed by atoms with Crippen LogP contribution in [0.3, 0.4) is 0 Å². The van der Waals surface area contributed by atoms with Gasteiger partial charge in [-0.15, -0.1) is 0 Å². The first-order valence-electron chi connectivity index (χ1n) is 6.89. The number of carbonyl (C=O) groups excluding carboxylic acids is 2. The summed E-state index contributed by atoms with van der Waals surface area (Å²) in [5.74, 6) is -1.85. The smallest absolute Gasteiger partial charge is 0.367 e. The molecule has 10 nitrogen and oxygen atoms in total. The normalized spacial score (nSPS) is 12.2. The highest BCUT2D eigenvalue weighted by Crippen LogP contribution is 2.48. The maximum atomic E-state index is 11.9. The van der Waals surface area contributed by atoms with Gasteiger partial charge in [-0.1, -0.05) is 12.1 Å². The van der Waals surface area contributed by atoms with E-state index >= 15 is 0 Å². The second-order valence-corrected chi connectivity index (χ2v) is 7.98. The van der Waals surface area contributed by atoms with Crippen LogP contribution in [0.15, 0.2) is 30.3 Å². The summed E-state index contributed by atoms with van der Waals surface area (Å²) in [6.45, 7) is 0. The van der Waals surface area contributed by atoms with E-state index in [9.17, 15) is 18.7 Å². The zero-order valence-corrected chi connectivity index (χ0v) is 16.2. The summed E-state index contributed by atoms with van der Waals surface area (Å²) in [5, 5.41) is 0. The van der Waals surface area contributed by atoms with Crippen molar-refractivity contribution in [3.8, 4) is 0 Å². The molecule has 0 aliphatic carbocycles. The Bertz CT molecular complexity index is 739. The molecule has 12 heteroatoms. The van der Waals surface area contributed by atoms with Crippen molar-refractivity contribution in [1.82, 2.24) is 0 Å². The first-order valence-corrected chi connectivity index (χ1v) is 9.81. The summed E-state index contributed by atoms with van der Waals surface area (Å²) in [6.07, 6.45) is 2.35. The van der Waals surface area contributed by atoms with E-state index in [0.717, 1.165) is 34.5 Å². The van der Waals surface area contributed by atoms with E-state index in [0.29, 0.717) is 5.56 Å². The molecule has 1 rings (SSSR count). The molecule has 0 saturated heterocycles. The fourth-order valence-electron chi connectivity index (χ4n) is 1.49. The van der Waals surface area contributed by atoms with Crippen molar-refractivity contribution in [1.29, 1.82) is 0 Å². The topological polar surface area (TPSA) is 124 Å². The molecule has 1 aromatic carbocycles. The molecule has 0 bridgehead atoms. The minimum Gasteiger partial charge on any atom is -0.367 e. The first kappa shape index (κ1) is 22.2. The summed E-state index contributed by atoms with van der Waals surface area (Å²) < 4.78 is 50.6. The fraction of sp³-hybridized carbons (Fsp3) is 0.286. The quantitative estimate of drug-likeness (QED) is 0.444. The zero-order chi connectivity index (χ0) is 19.8. The zero-order valence-electron chi connectivity index (χ0n) is 14.4. The number of phosphoric acid groups is 2. The lowest BCUT2D eigenvalue weighted by Crippen LogP contribution is -2.05. The Kier molecular flexibility index (Phi) is 8.36. The van der Waals surface area contributed by atoms with E-state index in [1.807, 2.05) is 0 Å². The van der Waals surface area contributed by atoms with Gasteiger partial charge in [-0.05, 0) is 23.8 Å². The third-order valence-electron chi connectivity index (χ3n) is 2.85. The molecule has 0 radical (unpaired) electrons. The Balaban J connectivity index is 2.76. The lowest BCUT2D eigenvalue weighted by atomic mass is 10.1. The highest BCUT2D eigenvalue weighted by Gasteiger charge is 2.28. The van der Waals surface area contributed by atoms with Crippen molar-refractivity contribution in [2.24, 2.45) is 0 Å². The molecule has 0 amide bonds. The summed E-state index contributed by atoms with van der Waals surface area (Å²) in [7, 11) is -3.55. The van der Waals surface area contributed by atoms with Gasteiger partial charge in [0, 0.05) is 34.5 Å². The standard InChI is InChI=1S/C14H18O10P2/c1-19-25(17,20-2)23-13(15)10-7-11-5-8-12(9-6-11)14(16)24-26(18,21-3)22-4/h5-10H,1-4H3/b10-7+. The van der Waals surface area contributed by atoms with Crippen LogP contribution in [0, 0.1) is 0 Å². The van der Waals surface area contributed by atoms with E-state index in [4.69, 9.17) is 0 Å². The summed E-state index contributed by atoms with van der Waals surface area (Å²) in [6, 6.07) is 5.71. The van der Waals surface area contributed by atoms with Gasteiger partial charge in [-0.2, -0.15) is 0 Å². The van der Waals surface area contributed by atoms with Crippen LogP contribution in [0.1, 0.15) is 15.9 Å². The maximum absolute atomic E-state index is 11.9. The molecule has 0 saturated carbocycles. The van der Waals surface area contributed by atoms with E-state index in [-0.39, 0.29) is 5.56 Å². The average Bonchev–Trinajstić information content (AvgIpc) is 2.66. The van der Waals surface area contributed by atoms with Crippen molar-refractivity contribution in [3.05, 3.63) is 41.5 Å². The minimum atomic E-state index is -3.94. The molecule has 0 aromatic heterocycles. The molecule has 0 atom stereocenters. The second kappa shape index (κ2) is 9.78. The predicted octanol–water partition coefficient (Wildman–Crippen LogP) is 3.20. The minimum absolute atomic E-state index is 0.0855. The van der Waals surface area contributed by atoms with Crippen molar-refractivity contribution in [2.45, 2.75) is 0 Å². The Morgan fingerprint density at radius 1 is 0.808 bits per heavy atom. The third-order valence-corrected chi connectivity index (χ3v) is 5.43. The molecular weight excluding hydrogens is 390 g/mol. The molecule has 1 aromatic rings. The summed E-state index contributed by atoms with van der Waals surface area (Å²) >= 11 is 0. The highest BCUT2D eigenvalue weighted by atomic mass is 31.2. The van der Waals surface area contributed by atoms with Gasteiger partial charge < -0.3 is 9.05 Å². The van der Waals surface area contributed by atoms with Gasteiger partial charge in [0.05, 0.1) is 5.56 Å². The first-order chi connectivity index (χ1) is 12.2. The molecule has 0 unspecified atom stereocenters. The number of rotatable bonds is 9. The van der Waals surface area contributed by atoms with Gasteiger partial charge >= 0.3 is 27.6 Å². The van der Waals surface area contributed by atoms with Crippen LogP contribution in [0.4, 0.5) is 0 Å². The predicted molar refractivity (Wildman–Crippen MR) is 90.2 cm³/mol. The largest absolute Gasteiger partial charge is 0.531 e. The van der Waals surface area contributed by atoms with Crippen LogP contribution < -0.4 is 0 Å². The van der Waals surface area contributed by atoms with Gasteiger partial charge in [-0.25, -0.2) is 18.7 Å². The fourth-order valence-corrected chi connectivity index (χ4v) is 2.67. The van der Waals surface area contributed by atoms with Crippen LogP contribution >= 0.6 is 15.6 Å². The molecule has 26 heavy (non-hydrogen) atoms. The molecule has 0 spiro atoms. The van der Waals surface area contributed by atoms with Gasteiger partial charge in [-0.3, -0.25) is 18.1 Å². The van der Waals surface area contributed by atoms with Crippen molar-refractivity contribution in [2.75, 3.05) is 28.4 Å². The van der Waals surface area contributed by atoms with E-state index < -0.39 is 27.6 Å². The van der Waals surface area contributed by atoms with E-state index in [2.05, 4.69) is 27.1 Å². The van der Waals surface area contributed by atoms with E-state index in [1.54, 1.807) is 0 Å². The SMILES string of the molecule is COP(=O)(OC)OC(=O)/C=C/c1ccc(C(=O)OP(=O)(OC)OC)cc1. The number of carbonyl (C=O) groups is 2. The van der Waals surface area contributed by atoms with Crippen LogP contribution in [-0.4, -0.2) is 40.4 Å². The van der Waals surface area contributed by atoms with Crippen LogP contribution in [0.5, 0.6) is 0 Å². The van der Waals surface area contributed by atoms with Gasteiger partial charge in [0.25, 0.3) is 0 Å². The second-order valence-electron chi connectivity index (χ2n) is 4.37. The van der Waals surface area contributed by atoms with Crippen molar-refractivity contribution < 1.29 is 45.9 Å². The Morgan fingerprint density at radius 2 is 1.27 bits per heavy atom. The monoisotopic (exact) mass is 408 g/mol. The summed E-state index contributed by atoms with van der Waals surface area (Å²) in [5.41, 5.74) is 0.604. The molecule has 0 aliphatic heterocycles.